The van der Waals surface area contributed by atoms with E-state index in [1.54, 1.807) is 0 Å². The first-order valence-electron chi connectivity index (χ1n) is 4.89. The molecule has 0 fully saturated rings. The molecule has 0 saturated carbocycles. The Bertz CT molecular complexity index is 379. The van der Waals surface area contributed by atoms with Gasteiger partial charge in [0.1, 0.15) is 0 Å². The highest BCUT2D eigenvalue weighted by Gasteiger charge is 1.98. The Kier molecular flexibility index (Phi) is 4.57. The summed E-state index contributed by atoms with van der Waals surface area (Å²) in [4.78, 5) is 4.06. The molecule has 2 rings (SSSR count). The van der Waals surface area contributed by atoms with Crippen molar-refractivity contribution in [1.29, 1.82) is 0 Å². The Balaban J connectivity index is 0.000000337. The highest BCUT2D eigenvalue weighted by atomic mass is 15.0. The lowest BCUT2D eigenvalue weighted by Gasteiger charge is -2.00. The molecule has 0 spiro atoms. The fourth-order valence-corrected chi connectivity index (χ4v) is 1.24. The van der Waals surface area contributed by atoms with E-state index in [9.17, 15) is 0 Å². The molecule has 0 aliphatic heterocycles. The van der Waals surface area contributed by atoms with E-state index in [1.165, 1.54) is 5.56 Å². The molecule has 0 amide bonds. The molecule has 0 atom stereocenters. The van der Waals surface area contributed by atoms with Crippen molar-refractivity contribution in [1.82, 2.24) is 14.9 Å². The summed E-state index contributed by atoms with van der Waals surface area (Å²) >= 11 is 0. The van der Waals surface area contributed by atoms with Crippen molar-refractivity contribution in [2.45, 2.75) is 0 Å². The minimum absolute atomic E-state index is 1.15. The molecule has 0 saturated heterocycles. The minimum Gasteiger partial charge on any atom is -0.334 e. The molecule has 1 aromatic heterocycles. The number of rotatable bonds is 1. The van der Waals surface area contributed by atoms with E-state index in [4.69, 9.17) is 0 Å². The Morgan fingerprint density at radius 3 is 2.20 bits per heavy atom. The molecule has 1 aromatic carbocycles. The van der Waals surface area contributed by atoms with Gasteiger partial charge in [-0.05, 0) is 19.7 Å². The highest BCUT2D eigenvalue weighted by Crippen LogP contribution is 2.16. The van der Waals surface area contributed by atoms with Crippen LogP contribution < -0.4 is 5.32 Å². The van der Waals surface area contributed by atoms with Crippen LogP contribution in [0.2, 0.25) is 0 Å². The molecule has 1 N–H and O–H groups in total. The van der Waals surface area contributed by atoms with Crippen molar-refractivity contribution in [3.63, 3.8) is 0 Å². The number of aromatic nitrogens is 2. The van der Waals surface area contributed by atoms with Gasteiger partial charge < -0.3 is 9.88 Å². The Morgan fingerprint density at radius 2 is 1.73 bits per heavy atom. The predicted octanol–water partition coefficient (Wildman–Crippen LogP) is 1.92. The van der Waals surface area contributed by atoms with E-state index in [0.29, 0.717) is 0 Å². The first kappa shape index (κ1) is 11.5. The molecule has 0 aliphatic rings. The number of nitrogens with zero attached hydrogens (tertiary/aromatic N) is 2. The molecular weight excluding hydrogens is 186 g/mol. The maximum Gasteiger partial charge on any atom is 0.0948 e. The molecule has 3 heteroatoms. The Morgan fingerprint density at radius 1 is 1.13 bits per heavy atom. The van der Waals surface area contributed by atoms with Crippen LogP contribution in [0.1, 0.15) is 0 Å². The number of aryl methyl sites for hydroxylation is 1. The van der Waals surface area contributed by atoms with Crippen molar-refractivity contribution in [3.8, 4) is 11.3 Å². The molecule has 80 valence electrons. The smallest absolute Gasteiger partial charge is 0.0948 e. The summed E-state index contributed by atoms with van der Waals surface area (Å²) in [5.74, 6) is 0. The van der Waals surface area contributed by atoms with Crippen molar-refractivity contribution >= 4 is 0 Å². The van der Waals surface area contributed by atoms with Crippen LogP contribution >= 0.6 is 0 Å². The predicted molar refractivity (Wildman–Crippen MR) is 63.6 cm³/mol. The topological polar surface area (TPSA) is 29.9 Å². The third-order valence-corrected chi connectivity index (χ3v) is 1.89. The zero-order valence-electron chi connectivity index (χ0n) is 9.44. The van der Waals surface area contributed by atoms with Gasteiger partial charge >= 0.3 is 0 Å². The minimum atomic E-state index is 1.15. The maximum atomic E-state index is 4.06. The third kappa shape index (κ3) is 3.22. The first-order chi connectivity index (χ1) is 7.29. The Labute approximate surface area is 90.8 Å². The van der Waals surface area contributed by atoms with Crippen LogP contribution in [-0.4, -0.2) is 23.6 Å². The largest absolute Gasteiger partial charge is 0.334 e. The summed E-state index contributed by atoms with van der Waals surface area (Å²) in [7, 11) is 5.75. The molecule has 15 heavy (non-hydrogen) atoms. The maximum absolute atomic E-state index is 4.06. The zero-order chi connectivity index (χ0) is 11.1. The van der Waals surface area contributed by atoms with Gasteiger partial charge in [-0.1, -0.05) is 30.3 Å². The zero-order valence-corrected chi connectivity index (χ0v) is 9.44. The monoisotopic (exact) mass is 203 g/mol. The Hall–Kier alpha value is -1.61. The lowest BCUT2D eigenvalue weighted by atomic mass is 10.2. The fourth-order valence-electron chi connectivity index (χ4n) is 1.24. The average Bonchev–Trinajstić information content (AvgIpc) is 2.67. The molecule has 0 bridgehead atoms. The van der Waals surface area contributed by atoms with Gasteiger partial charge in [0.25, 0.3) is 0 Å². The van der Waals surface area contributed by atoms with E-state index in [1.807, 2.05) is 56.4 Å². The van der Waals surface area contributed by atoms with Gasteiger partial charge in [-0.3, -0.25) is 0 Å². The van der Waals surface area contributed by atoms with Crippen LogP contribution in [0.3, 0.4) is 0 Å². The summed E-state index contributed by atoms with van der Waals surface area (Å²) < 4.78 is 2.01. The van der Waals surface area contributed by atoms with E-state index < -0.39 is 0 Å². The van der Waals surface area contributed by atoms with Gasteiger partial charge in [-0.15, -0.1) is 0 Å². The highest BCUT2D eigenvalue weighted by molar-refractivity contribution is 5.58. The lowest BCUT2D eigenvalue weighted by molar-refractivity contribution is 0.921. The SMILES string of the molecule is CNC.Cn1cncc1-c1ccccc1. The van der Waals surface area contributed by atoms with E-state index in [2.05, 4.69) is 22.4 Å². The van der Waals surface area contributed by atoms with Crippen LogP contribution in [0.5, 0.6) is 0 Å². The number of nitrogens with one attached hydrogen (secondary N) is 1. The standard InChI is InChI=1S/C10H10N2.C2H7N/c1-12-8-11-7-10(12)9-5-3-2-4-6-9;1-3-2/h2-8H,1H3;3H,1-2H3. The van der Waals surface area contributed by atoms with Crippen molar-refractivity contribution < 1.29 is 0 Å². The summed E-state index contributed by atoms with van der Waals surface area (Å²) in [5.41, 5.74) is 2.35. The number of imidazole rings is 1. The van der Waals surface area contributed by atoms with Gasteiger partial charge in [-0.25, -0.2) is 4.98 Å². The molecule has 0 aliphatic carbocycles. The van der Waals surface area contributed by atoms with E-state index >= 15 is 0 Å². The molecule has 0 radical (unpaired) electrons. The molecular formula is C12H17N3. The van der Waals surface area contributed by atoms with Crippen LogP contribution in [0.15, 0.2) is 42.9 Å². The van der Waals surface area contributed by atoms with Crippen LogP contribution in [0.4, 0.5) is 0 Å². The average molecular weight is 203 g/mol. The summed E-state index contributed by atoms with van der Waals surface area (Å²) in [5, 5.41) is 2.75. The van der Waals surface area contributed by atoms with Crippen molar-refractivity contribution in [2.24, 2.45) is 7.05 Å². The van der Waals surface area contributed by atoms with Crippen molar-refractivity contribution in [3.05, 3.63) is 42.9 Å². The van der Waals surface area contributed by atoms with E-state index in [0.717, 1.165) is 5.69 Å². The third-order valence-electron chi connectivity index (χ3n) is 1.89. The van der Waals surface area contributed by atoms with Crippen LogP contribution in [-0.2, 0) is 7.05 Å². The van der Waals surface area contributed by atoms with Gasteiger partial charge in [-0.2, -0.15) is 0 Å². The molecule has 3 nitrogen and oxygen atoms in total. The molecule has 2 aromatic rings. The molecule has 1 heterocycles. The quantitative estimate of drug-likeness (QED) is 0.767. The van der Waals surface area contributed by atoms with Crippen molar-refractivity contribution in [2.75, 3.05) is 14.1 Å². The van der Waals surface area contributed by atoms with Crippen LogP contribution in [0.25, 0.3) is 11.3 Å². The summed E-state index contributed by atoms with van der Waals surface area (Å²) in [6, 6.07) is 10.2. The number of benzene rings is 1. The van der Waals surface area contributed by atoms with Gasteiger partial charge in [0.05, 0.1) is 18.2 Å². The fraction of sp³-hybridized carbons (Fsp3) is 0.250. The van der Waals surface area contributed by atoms with Gasteiger partial charge in [0.15, 0.2) is 0 Å². The van der Waals surface area contributed by atoms with Gasteiger partial charge in [0.2, 0.25) is 0 Å². The first-order valence-corrected chi connectivity index (χ1v) is 4.89. The number of hydrogen-bond donors (Lipinski definition) is 1. The van der Waals surface area contributed by atoms with E-state index in [-0.39, 0.29) is 0 Å². The van der Waals surface area contributed by atoms with Crippen LogP contribution in [0, 0.1) is 0 Å². The second kappa shape index (κ2) is 5.98. The summed E-state index contributed by atoms with van der Waals surface area (Å²) in [6.45, 7) is 0. The van der Waals surface area contributed by atoms with Gasteiger partial charge in [0, 0.05) is 7.05 Å². The number of hydrogen-bond acceptors (Lipinski definition) is 2. The molecule has 0 unspecified atom stereocenters. The normalized spacial score (nSPS) is 9.27. The second-order valence-corrected chi connectivity index (χ2v) is 3.26. The summed E-state index contributed by atoms with van der Waals surface area (Å²) in [6.07, 6.45) is 3.68. The lowest BCUT2D eigenvalue weighted by Crippen LogP contribution is -1.89. The second-order valence-electron chi connectivity index (χ2n) is 3.26.